The van der Waals surface area contributed by atoms with E-state index in [-0.39, 0.29) is 0 Å². The highest BCUT2D eigenvalue weighted by atomic mass is 16.5. The molecule has 1 N–H and O–H groups in total. The van der Waals surface area contributed by atoms with Crippen molar-refractivity contribution in [3.05, 3.63) is 24.3 Å². The lowest BCUT2D eigenvalue weighted by Crippen LogP contribution is -2.20. The topological polar surface area (TPSA) is 21.3 Å². The van der Waals surface area contributed by atoms with Crippen molar-refractivity contribution in [3.8, 4) is 5.75 Å². The standard InChI is InChI=1S/C13H19NO/c1-14-12-9-5-6-10-13(12)15-11-7-3-2-4-8-11/h5-6,9-11,14H,2-4,7-8H2,1H3. The Morgan fingerprint density at radius 3 is 2.60 bits per heavy atom. The second kappa shape index (κ2) is 5.06. The van der Waals surface area contributed by atoms with Crippen LogP contribution in [0.15, 0.2) is 24.3 Å². The van der Waals surface area contributed by atoms with Crippen molar-refractivity contribution in [1.82, 2.24) is 0 Å². The van der Waals surface area contributed by atoms with E-state index in [4.69, 9.17) is 4.74 Å². The van der Waals surface area contributed by atoms with E-state index in [1.807, 2.05) is 25.2 Å². The molecule has 0 radical (unpaired) electrons. The van der Waals surface area contributed by atoms with Gasteiger partial charge in [-0.1, -0.05) is 18.6 Å². The molecule has 1 aromatic rings. The Morgan fingerprint density at radius 1 is 1.13 bits per heavy atom. The Morgan fingerprint density at radius 2 is 1.87 bits per heavy atom. The Labute approximate surface area is 91.6 Å². The fraction of sp³-hybridized carbons (Fsp3) is 0.538. The van der Waals surface area contributed by atoms with E-state index >= 15 is 0 Å². The van der Waals surface area contributed by atoms with Gasteiger partial charge in [0.2, 0.25) is 0 Å². The van der Waals surface area contributed by atoms with Crippen LogP contribution in [0.4, 0.5) is 5.69 Å². The van der Waals surface area contributed by atoms with Gasteiger partial charge >= 0.3 is 0 Å². The van der Waals surface area contributed by atoms with Gasteiger partial charge in [-0.2, -0.15) is 0 Å². The molecule has 2 heteroatoms. The van der Waals surface area contributed by atoms with Crippen LogP contribution in [0.2, 0.25) is 0 Å². The first-order valence-corrected chi connectivity index (χ1v) is 5.83. The molecule has 2 nitrogen and oxygen atoms in total. The maximum Gasteiger partial charge on any atom is 0.142 e. The zero-order valence-corrected chi connectivity index (χ0v) is 9.33. The number of para-hydroxylation sites is 2. The van der Waals surface area contributed by atoms with Crippen molar-refractivity contribution >= 4 is 5.69 Å². The van der Waals surface area contributed by atoms with Gasteiger partial charge in [0, 0.05) is 7.05 Å². The van der Waals surface area contributed by atoms with E-state index in [0.29, 0.717) is 6.10 Å². The fourth-order valence-electron chi connectivity index (χ4n) is 2.14. The molecule has 0 aromatic heterocycles. The monoisotopic (exact) mass is 205 g/mol. The molecule has 0 aliphatic heterocycles. The summed E-state index contributed by atoms with van der Waals surface area (Å²) in [5.74, 6) is 0.993. The minimum atomic E-state index is 0.424. The number of benzene rings is 1. The summed E-state index contributed by atoms with van der Waals surface area (Å²) in [7, 11) is 1.93. The van der Waals surface area contributed by atoms with Crippen molar-refractivity contribution < 1.29 is 4.74 Å². The molecule has 1 aliphatic rings. The number of ether oxygens (including phenoxy) is 1. The molecule has 15 heavy (non-hydrogen) atoms. The predicted molar refractivity (Wildman–Crippen MR) is 63.5 cm³/mol. The molecule has 1 saturated carbocycles. The predicted octanol–water partition coefficient (Wildman–Crippen LogP) is 3.44. The van der Waals surface area contributed by atoms with Gasteiger partial charge in [-0.05, 0) is 37.8 Å². The lowest BCUT2D eigenvalue weighted by atomic mass is 9.98. The summed E-state index contributed by atoms with van der Waals surface area (Å²) in [6.45, 7) is 0. The SMILES string of the molecule is CNc1ccccc1OC1CCCCC1. The van der Waals surface area contributed by atoms with Crippen LogP contribution in [0, 0.1) is 0 Å². The van der Waals surface area contributed by atoms with Gasteiger partial charge in [0.15, 0.2) is 0 Å². The van der Waals surface area contributed by atoms with Gasteiger partial charge in [0.1, 0.15) is 5.75 Å². The van der Waals surface area contributed by atoms with E-state index in [9.17, 15) is 0 Å². The van der Waals surface area contributed by atoms with Crippen molar-refractivity contribution in [2.45, 2.75) is 38.2 Å². The zero-order chi connectivity index (χ0) is 10.5. The van der Waals surface area contributed by atoms with Crippen LogP contribution in [0.1, 0.15) is 32.1 Å². The van der Waals surface area contributed by atoms with Gasteiger partial charge in [-0.15, -0.1) is 0 Å². The number of anilines is 1. The summed E-state index contributed by atoms with van der Waals surface area (Å²) in [5, 5.41) is 3.16. The second-order valence-electron chi connectivity index (χ2n) is 4.12. The molecule has 0 heterocycles. The van der Waals surface area contributed by atoms with Crippen molar-refractivity contribution in [1.29, 1.82) is 0 Å². The summed E-state index contributed by atoms with van der Waals surface area (Å²) in [5.41, 5.74) is 1.09. The molecule has 2 rings (SSSR count). The molecule has 0 saturated heterocycles. The van der Waals surface area contributed by atoms with Crippen LogP contribution in [0.5, 0.6) is 5.75 Å². The quantitative estimate of drug-likeness (QED) is 0.816. The maximum atomic E-state index is 6.01. The van der Waals surface area contributed by atoms with E-state index in [1.165, 1.54) is 32.1 Å². The minimum absolute atomic E-state index is 0.424. The normalized spacial score (nSPS) is 17.4. The average molecular weight is 205 g/mol. The molecule has 1 aliphatic carbocycles. The molecule has 1 fully saturated rings. The summed E-state index contributed by atoms with van der Waals surface area (Å²) < 4.78 is 6.01. The van der Waals surface area contributed by atoms with Crippen LogP contribution < -0.4 is 10.1 Å². The second-order valence-corrected chi connectivity index (χ2v) is 4.12. The van der Waals surface area contributed by atoms with Gasteiger partial charge in [0.05, 0.1) is 11.8 Å². The molecule has 0 spiro atoms. The zero-order valence-electron chi connectivity index (χ0n) is 9.33. The third-order valence-corrected chi connectivity index (χ3v) is 3.00. The first-order valence-electron chi connectivity index (χ1n) is 5.83. The highest BCUT2D eigenvalue weighted by Crippen LogP contribution is 2.28. The highest BCUT2D eigenvalue weighted by molar-refractivity contribution is 5.55. The molecule has 0 atom stereocenters. The van der Waals surface area contributed by atoms with Crippen LogP contribution >= 0.6 is 0 Å². The summed E-state index contributed by atoms with van der Waals surface area (Å²) in [6.07, 6.45) is 6.83. The average Bonchev–Trinajstić information content (AvgIpc) is 2.31. The van der Waals surface area contributed by atoms with E-state index in [2.05, 4.69) is 11.4 Å². The summed E-state index contributed by atoms with van der Waals surface area (Å²) in [6, 6.07) is 8.15. The Hall–Kier alpha value is -1.18. The van der Waals surface area contributed by atoms with Crippen LogP contribution in [0.25, 0.3) is 0 Å². The minimum Gasteiger partial charge on any atom is -0.488 e. The lowest BCUT2D eigenvalue weighted by molar-refractivity contribution is 0.156. The first kappa shape index (κ1) is 10.3. The Balaban J connectivity index is 2.02. The molecule has 0 amide bonds. The van der Waals surface area contributed by atoms with Gasteiger partial charge < -0.3 is 10.1 Å². The number of hydrogen-bond acceptors (Lipinski definition) is 2. The molecule has 1 aromatic carbocycles. The Bertz CT molecular complexity index is 305. The highest BCUT2D eigenvalue weighted by Gasteiger charge is 2.15. The first-order chi connectivity index (χ1) is 7.40. The molecule has 82 valence electrons. The van der Waals surface area contributed by atoms with Gasteiger partial charge in [-0.3, -0.25) is 0 Å². The van der Waals surface area contributed by atoms with Gasteiger partial charge in [-0.25, -0.2) is 0 Å². The number of nitrogens with one attached hydrogen (secondary N) is 1. The molecule has 0 unspecified atom stereocenters. The lowest BCUT2D eigenvalue weighted by Gasteiger charge is -2.24. The third kappa shape index (κ3) is 2.65. The molecule has 0 bridgehead atoms. The van der Waals surface area contributed by atoms with Crippen molar-refractivity contribution in [2.75, 3.05) is 12.4 Å². The van der Waals surface area contributed by atoms with Crippen LogP contribution in [0.3, 0.4) is 0 Å². The third-order valence-electron chi connectivity index (χ3n) is 3.00. The summed E-state index contributed by atoms with van der Waals surface area (Å²) >= 11 is 0. The van der Waals surface area contributed by atoms with E-state index in [1.54, 1.807) is 0 Å². The van der Waals surface area contributed by atoms with E-state index in [0.717, 1.165) is 11.4 Å². The van der Waals surface area contributed by atoms with Crippen LogP contribution in [-0.4, -0.2) is 13.2 Å². The molecular weight excluding hydrogens is 186 g/mol. The number of rotatable bonds is 3. The molecular formula is C13H19NO. The van der Waals surface area contributed by atoms with Crippen molar-refractivity contribution in [2.24, 2.45) is 0 Å². The van der Waals surface area contributed by atoms with Crippen molar-refractivity contribution in [3.63, 3.8) is 0 Å². The summed E-state index contributed by atoms with van der Waals surface area (Å²) in [4.78, 5) is 0. The largest absolute Gasteiger partial charge is 0.488 e. The van der Waals surface area contributed by atoms with Gasteiger partial charge in [0.25, 0.3) is 0 Å². The smallest absolute Gasteiger partial charge is 0.142 e. The Kier molecular flexibility index (Phi) is 3.49. The van der Waals surface area contributed by atoms with E-state index < -0.39 is 0 Å². The maximum absolute atomic E-state index is 6.01. The number of hydrogen-bond donors (Lipinski definition) is 1. The fourth-order valence-corrected chi connectivity index (χ4v) is 2.14. The van der Waals surface area contributed by atoms with Crippen LogP contribution in [-0.2, 0) is 0 Å².